The van der Waals surface area contributed by atoms with E-state index in [2.05, 4.69) is 10.6 Å². The largest absolute Gasteiger partial charge is 0.495 e. The van der Waals surface area contributed by atoms with E-state index in [0.29, 0.717) is 11.4 Å². The molecule has 2 aromatic rings. The molecule has 0 saturated carbocycles. The van der Waals surface area contributed by atoms with Crippen molar-refractivity contribution in [2.24, 2.45) is 0 Å². The second-order valence-corrected chi connectivity index (χ2v) is 5.04. The molecule has 108 valence electrons. The molecule has 2 aromatic carbocycles. The molecule has 0 aromatic heterocycles. The Morgan fingerprint density at radius 3 is 2.81 bits per heavy atom. The molecule has 4 heteroatoms. The van der Waals surface area contributed by atoms with Crippen molar-refractivity contribution in [1.29, 1.82) is 0 Å². The highest BCUT2D eigenvalue weighted by atomic mass is 16.5. The highest BCUT2D eigenvalue weighted by Gasteiger charge is 2.26. The summed E-state index contributed by atoms with van der Waals surface area (Å²) >= 11 is 0. The molecule has 2 N–H and O–H groups in total. The molecule has 0 saturated heterocycles. The monoisotopic (exact) mass is 282 g/mol. The van der Waals surface area contributed by atoms with Crippen LogP contribution < -0.4 is 15.4 Å². The lowest BCUT2D eigenvalue weighted by Gasteiger charge is -2.26. The number of para-hydroxylation sites is 3. The normalized spacial score (nSPS) is 16.5. The minimum absolute atomic E-state index is 0.00782. The maximum atomic E-state index is 12.6. The highest BCUT2D eigenvalue weighted by Crippen LogP contribution is 2.33. The molecule has 0 aliphatic carbocycles. The summed E-state index contributed by atoms with van der Waals surface area (Å²) in [5.41, 5.74) is 2.81. The van der Waals surface area contributed by atoms with Crippen LogP contribution in [0.15, 0.2) is 48.5 Å². The van der Waals surface area contributed by atoms with Crippen molar-refractivity contribution in [2.75, 3.05) is 24.3 Å². The highest BCUT2D eigenvalue weighted by molar-refractivity contribution is 5.98. The van der Waals surface area contributed by atoms with Gasteiger partial charge in [0.25, 0.3) is 0 Å². The predicted octanol–water partition coefficient (Wildman–Crippen LogP) is 3.23. The van der Waals surface area contributed by atoms with Gasteiger partial charge >= 0.3 is 0 Å². The van der Waals surface area contributed by atoms with Crippen molar-refractivity contribution in [3.05, 3.63) is 54.1 Å². The molecule has 1 heterocycles. The maximum Gasteiger partial charge on any atom is 0.232 e. The Hall–Kier alpha value is -2.49. The van der Waals surface area contributed by atoms with Gasteiger partial charge in [-0.3, -0.25) is 4.79 Å². The van der Waals surface area contributed by atoms with E-state index < -0.39 is 0 Å². The molecule has 1 unspecified atom stereocenters. The van der Waals surface area contributed by atoms with Crippen LogP contribution in [0, 0.1) is 0 Å². The van der Waals surface area contributed by atoms with Crippen molar-refractivity contribution in [2.45, 2.75) is 12.3 Å². The molecular weight excluding hydrogens is 264 g/mol. The average molecular weight is 282 g/mol. The van der Waals surface area contributed by atoms with Gasteiger partial charge in [-0.15, -0.1) is 0 Å². The number of benzene rings is 2. The smallest absolute Gasteiger partial charge is 0.232 e. The lowest BCUT2D eigenvalue weighted by molar-refractivity contribution is -0.117. The number of carbonyl (C=O) groups excluding carboxylic acids is 1. The summed E-state index contributed by atoms with van der Waals surface area (Å²) in [6.45, 7) is 0.807. The Morgan fingerprint density at radius 1 is 1.19 bits per heavy atom. The summed E-state index contributed by atoms with van der Waals surface area (Å²) in [6, 6.07) is 15.4. The third-order valence-corrected chi connectivity index (χ3v) is 3.77. The van der Waals surface area contributed by atoms with E-state index in [1.54, 1.807) is 7.11 Å². The van der Waals surface area contributed by atoms with Crippen molar-refractivity contribution < 1.29 is 9.53 Å². The molecule has 1 aliphatic heterocycles. The summed E-state index contributed by atoms with van der Waals surface area (Å²) < 4.78 is 5.28. The van der Waals surface area contributed by atoms with E-state index in [4.69, 9.17) is 4.74 Å². The van der Waals surface area contributed by atoms with Gasteiger partial charge in [0.2, 0.25) is 5.91 Å². The van der Waals surface area contributed by atoms with Crippen molar-refractivity contribution >= 4 is 17.3 Å². The van der Waals surface area contributed by atoms with Crippen molar-refractivity contribution in [1.82, 2.24) is 0 Å². The first-order valence-electron chi connectivity index (χ1n) is 7.06. The fraction of sp³-hybridized carbons (Fsp3) is 0.235. The summed E-state index contributed by atoms with van der Waals surface area (Å²) in [7, 11) is 1.60. The lowest BCUT2D eigenvalue weighted by Crippen LogP contribution is -2.27. The van der Waals surface area contributed by atoms with Crippen LogP contribution in [0.3, 0.4) is 0 Å². The molecular formula is C17H18N2O2. The first-order chi connectivity index (χ1) is 10.3. The van der Waals surface area contributed by atoms with Crippen LogP contribution in [0.5, 0.6) is 5.75 Å². The summed E-state index contributed by atoms with van der Waals surface area (Å²) in [4.78, 5) is 12.6. The van der Waals surface area contributed by atoms with E-state index in [-0.39, 0.29) is 11.8 Å². The van der Waals surface area contributed by atoms with E-state index in [1.165, 1.54) is 0 Å². The molecule has 0 radical (unpaired) electrons. The fourth-order valence-corrected chi connectivity index (χ4v) is 2.71. The molecule has 0 fully saturated rings. The molecule has 3 rings (SSSR count). The standard InChI is InChI=1S/C17H18N2O2/c1-21-16-9-5-4-8-15(16)19-17(20)13-10-11-18-14-7-3-2-6-12(13)14/h2-9,13,18H,10-11H2,1H3,(H,19,20). The van der Waals surface area contributed by atoms with E-state index in [9.17, 15) is 4.79 Å². The summed E-state index contributed by atoms with van der Waals surface area (Å²) in [5.74, 6) is 0.550. The number of hydrogen-bond acceptors (Lipinski definition) is 3. The van der Waals surface area contributed by atoms with Gasteiger partial charge < -0.3 is 15.4 Å². The Labute approximate surface area is 124 Å². The second kappa shape index (κ2) is 5.87. The number of methoxy groups -OCH3 is 1. The maximum absolute atomic E-state index is 12.6. The first-order valence-corrected chi connectivity index (χ1v) is 7.06. The number of carbonyl (C=O) groups is 1. The topological polar surface area (TPSA) is 50.4 Å². The Bertz CT molecular complexity index is 655. The predicted molar refractivity (Wildman–Crippen MR) is 83.9 cm³/mol. The van der Waals surface area contributed by atoms with Gasteiger partial charge in [0.15, 0.2) is 0 Å². The number of anilines is 2. The van der Waals surface area contributed by atoms with Gasteiger partial charge in [0.05, 0.1) is 18.7 Å². The average Bonchev–Trinajstić information content (AvgIpc) is 2.54. The van der Waals surface area contributed by atoms with Crippen LogP contribution in [-0.4, -0.2) is 19.6 Å². The van der Waals surface area contributed by atoms with Crippen LogP contribution in [0.2, 0.25) is 0 Å². The number of amides is 1. The zero-order valence-corrected chi connectivity index (χ0v) is 11.9. The summed E-state index contributed by atoms with van der Waals surface area (Å²) in [6.07, 6.45) is 0.790. The molecule has 1 aliphatic rings. The lowest BCUT2D eigenvalue weighted by atomic mass is 9.90. The Kier molecular flexibility index (Phi) is 3.77. The van der Waals surface area contributed by atoms with E-state index in [1.807, 2.05) is 48.5 Å². The van der Waals surface area contributed by atoms with Gasteiger partial charge in [-0.2, -0.15) is 0 Å². The van der Waals surface area contributed by atoms with Crippen LogP contribution >= 0.6 is 0 Å². The third-order valence-electron chi connectivity index (χ3n) is 3.77. The third kappa shape index (κ3) is 2.70. The Balaban J connectivity index is 1.84. The van der Waals surface area contributed by atoms with Crippen LogP contribution in [-0.2, 0) is 4.79 Å². The van der Waals surface area contributed by atoms with Crippen molar-refractivity contribution in [3.63, 3.8) is 0 Å². The first kappa shape index (κ1) is 13.5. The zero-order valence-electron chi connectivity index (χ0n) is 11.9. The minimum atomic E-state index is -0.132. The number of hydrogen-bond donors (Lipinski definition) is 2. The van der Waals surface area contributed by atoms with Crippen LogP contribution in [0.4, 0.5) is 11.4 Å². The van der Waals surface area contributed by atoms with E-state index in [0.717, 1.165) is 24.2 Å². The van der Waals surface area contributed by atoms with Crippen molar-refractivity contribution in [3.8, 4) is 5.75 Å². The summed E-state index contributed by atoms with van der Waals surface area (Å²) in [5, 5.41) is 6.31. The quantitative estimate of drug-likeness (QED) is 0.908. The number of nitrogens with one attached hydrogen (secondary N) is 2. The molecule has 1 atom stereocenters. The van der Waals surface area contributed by atoms with Gasteiger partial charge in [-0.25, -0.2) is 0 Å². The van der Waals surface area contributed by atoms with E-state index >= 15 is 0 Å². The van der Waals surface area contributed by atoms with Crippen LogP contribution in [0.25, 0.3) is 0 Å². The molecule has 4 nitrogen and oxygen atoms in total. The second-order valence-electron chi connectivity index (χ2n) is 5.04. The number of fused-ring (bicyclic) bond motifs is 1. The molecule has 21 heavy (non-hydrogen) atoms. The SMILES string of the molecule is COc1ccccc1NC(=O)C1CCNc2ccccc21. The number of ether oxygens (including phenoxy) is 1. The van der Waals surface area contributed by atoms with Gasteiger partial charge in [-0.1, -0.05) is 30.3 Å². The van der Waals surface area contributed by atoms with Crippen LogP contribution in [0.1, 0.15) is 17.9 Å². The van der Waals surface area contributed by atoms with Gasteiger partial charge in [0.1, 0.15) is 5.75 Å². The molecule has 1 amide bonds. The zero-order chi connectivity index (χ0) is 14.7. The minimum Gasteiger partial charge on any atom is -0.495 e. The molecule has 0 spiro atoms. The number of rotatable bonds is 3. The van der Waals surface area contributed by atoms with Gasteiger partial charge in [-0.05, 0) is 30.2 Å². The Morgan fingerprint density at radius 2 is 1.95 bits per heavy atom. The van der Waals surface area contributed by atoms with Gasteiger partial charge in [0, 0.05) is 12.2 Å². The fourth-order valence-electron chi connectivity index (χ4n) is 2.71. The molecule has 0 bridgehead atoms.